The number of hydrogen-bond donors (Lipinski definition) is 3. The Morgan fingerprint density at radius 2 is 1.96 bits per heavy atom. The minimum atomic E-state index is -0.138. The van der Waals surface area contributed by atoms with Crippen LogP contribution in [0.3, 0.4) is 0 Å². The van der Waals surface area contributed by atoms with E-state index in [-0.39, 0.29) is 18.0 Å². The molecule has 2 bridgehead atoms. The standard InChI is InChI=1S/C19H27N3O/c1-12(16-10-13-7-8-15(16)9-13)20-19(23)18-11-17(21-22-18)14-5-3-2-4-6-14/h2-6,12-13,15-18,21-22H,7-11H2,1H3,(H,20,23). The molecule has 3 fully saturated rings. The molecule has 23 heavy (non-hydrogen) atoms. The predicted molar refractivity (Wildman–Crippen MR) is 90.4 cm³/mol. The van der Waals surface area contributed by atoms with Crippen molar-refractivity contribution in [1.29, 1.82) is 0 Å². The first-order valence-corrected chi connectivity index (χ1v) is 9.07. The molecule has 1 amide bonds. The summed E-state index contributed by atoms with van der Waals surface area (Å²) < 4.78 is 0. The van der Waals surface area contributed by atoms with E-state index in [0.717, 1.165) is 18.3 Å². The van der Waals surface area contributed by atoms with Gasteiger partial charge in [0.05, 0.1) is 0 Å². The van der Waals surface area contributed by atoms with Crippen LogP contribution in [-0.2, 0) is 4.79 Å². The molecule has 1 saturated heterocycles. The summed E-state index contributed by atoms with van der Waals surface area (Å²) in [6.45, 7) is 2.19. The molecule has 2 saturated carbocycles. The Morgan fingerprint density at radius 3 is 2.65 bits per heavy atom. The van der Waals surface area contributed by atoms with E-state index in [1.54, 1.807) is 0 Å². The molecule has 0 aromatic heterocycles. The van der Waals surface area contributed by atoms with Crippen molar-refractivity contribution in [2.75, 3.05) is 0 Å². The topological polar surface area (TPSA) is 53.2 Å². The minimum Gasteiger partial charge on any atom is -0.352 e. The van der Waals surface area contributed by atoms with Crippen LogP contribution < -0.4 is 16.2 Å². The molecule has 1 aliphatic heterocycles. The van der Waals surface area contributed by atoms with Gasteiger partial charge in [-0.15, -0.1) is 0 Å². The lowest BCUT2D eigenvalue weighted by Crippen LogP contribution is -2.48. The molecule has 3 aliphatic rings. The summed E-state index contributed by atoms with van der Waals surface area (Å²) in [7, 11) is 0. The molecule has 6 atom stereocenters. The Kier molecular flexibility index (Phi) is 4.12. The van der Waals surface area contributed by atoms with Gasteiger partial charge in [-0.3, -0.25) is 4.79 Å². The first-order valence-electron chi connectivity index (χ1n) is 9.07. The number of hydrogen-bond acceptors (Lipinski definition) is 3. The average Bonchev–Trinajstić information content (AvgIpc) is 3.31. The molecule has 2 aliphatic carbocycles. The van der Waals surface area contributed by atoms with Gasteiger partial charge in [0.1, 0.15) is 6.04 Å². The summed E-state index contributed by atoms with van der Waals surface area (Å²) in [5.41, 5.74) is 7.67. The van der Waals surface area contributed by atoms with Crippen molar-refractivity contribution in [3.8, 4) is 0 Å². The third-order valence-corrected chi connectivity index (χ3v) is 6.23. The quantitative estimate of drug-likeness (QED) is 0.801. The number of benzene rings is 1. The van der Waals surface area contributed by atoms with Gasteiger partial charge in [-0.25, -0.2) is 10.9 Å². The fourth-order valence-electron chi connectivity index (χ4n) is 4.97. The summed E-state index contributed by atoms with van der Waals surface area (Å²) in [6.07, 6.45) is 6.29. The zero-order valence-electron chi connectivity index (χ0n) is 13.8. The molecular weight excluding hydrogens is 286 g/mol. The van der Waals surface area contributed by atoms with Crippen molar-refractivity contribution in [1.82, 2.24) is 16.2 Å². The van der Waals surface area contributed by atoms with E-state index in [9.17, 15) is 4.79 Å². The van der Waals surface area contributed by atoms with Crippen LogP contribution in [0.5, 0.6) is 0 Å². The number of rotatable bonds is 4. The second-order valence-electron chi connectivity index (χ2n) is 7.68. The van der Waals surface area contributed by atoms with E-state index in [2.05, 4.69) is 35.2 Å². The maximum absolute atomic E-state index is 12.6. The lowest BCUT2D eigenvalue weighted by molar-refractivity contribution is -0.124. The number of amides is 1. The third-order valence-electron chi connectivity index (χ3n) is 6.23. The number of hydrazine groups is 1. The highest BCUT2D eigenvalue weighted by Crippen LogP contribution is 2.49. The average molecular weight is 313 g/mol. The van der Waals surface area contributed by atoms with Crippen molar-refractivity contribution < 1.29 is 4.79 Å². The fourth-order valence-corrected chi connectivity index (χ4v) is 4.97. The van der Waals surface area contributed by atoms with Crippen LogP contribution >= 0.6 is 0 Å². The van der Waals surface area contributed by atoms with E-state index in [1.165, 1.54) is 31.2 Å². The lowest BCUT2D eigenvalue weighted by atomic mass is 9.84. The largest absolute Gasteiger partial charge is 0.352 e. The number of carbonyl (C=O) groups is 1. The summed E-state index contributed by atoms with van der Waals surface area (Å²) in [4.78, 5) is 12.6. The number of carbonyl (C=O) groups excluding carboxylic acids is 1. The zero-order valence-corrected chi connectivity index (χ0v) is 13.8. The fraction of sp³-hybridized carbons (Fsp3) is 0.632. The Morgan fingerprint density at radius 1 is 1.13 bits per heavy atom. The van der Waals surface area contributed by atoms with Gasteiger partial charge >= 0.3 is 0 Å². The minimum absolute atomic E-state index is 0.138. The van der Waals surface area contributed by atoms with Gasteiger partial charge in [0.15, 0.2) is 0 Å². The SMILES string of the molecule is CC(NC(=O)C1CC(c2ccccc2)NN1)C1CC2CCC1C2. The number of fused-ring (bicyclic) bond motifs is 2. The Labute approximate surface area is 138 Å². The maximum Gasteiger partial charge on any atom is 0.238 e. The highest BCUT2D eigenvalue weighted by Gasteiger charge is 2.42. The second kappa shape index (κ2) is 6.25. The van der Waals surface area contributed by atoms with E-state index in [0.29, 0.717) is 12.0 Å². The van der Waals surface area contributed by atoms with Crippen molar-refractivity contribution in [3.05, 3.63) is 35.9 Å². The highest BCUT2D eigenvalue weighted by atomic mass is 16.2. The molecule has 1 aromatic carbocycles. The molecule has 6 unspecified atom stereocenters. The molecule has 0 spiro atoms. The van der Waals surface area contributed by atoms with E-state index >= 15 is 0 Å². The van der Waals surface area contributed by atoms with Gasteiger partial charge in [-0.2, -0.15) is 0 Å². The van der Waals surface area contributed by atoms with Crippen molar-refractivity contribution in [2.45, 2.75) is 57.2 Å². The molecular formula is C19H27N3O. The smallest absolute Gasteiger partial charge is 0.238 e. The summed E-state index contributed by atoms with van der Waals surface area (Å²) in [5, 5.41) is 3.28. The molecule has 4 nitrogen and oxygen atoms in total. The van der Waals surface area contributed by atoms with Gasteiger partial charge in [-0.05, 0) is 55.9 Å². The number of nitrogens with one attached hydrogen (secondary N) is 3. The normalized spacial score (nSPS) is 37.0. The van der Waals surface area contributed by atoms with E-state index in [4.69, 9.17) is 0 Å². The van der Waals surface area contributed by atoms with Crippen molar-refractivity contribution in [2.24, 2.45) is 17.8 Å². The van der Waals surface area contributed by atoms with Crippen LogP contribution in [-0.4, -0.2) is 18.0 Å². The molecule has 0 radical (unpaired) electrons. The zero-order chi connectivity index (χ0) is 15.8. The van der Waals surface area contributed by atoms with Crippen LogP contribution in [0.25, 0.3) is 0 Å². The molecule has 4 rings (SSSR count). The maximum atomic E-state index is 12.6. The highest BCUT2D eigenvalue weighted by molar-refractivity contribution is 5.82. The van der Waals surface area contributed by atoms with E-state index < -0.39 is 0 Å². The van der Waals surface area contributed by atoms with Gasteiger partial charge < -0.3 is 5.32 Å². The summed E-state index contributed by atoms with van der Waals surface area (Å²) in [6, 6.07) is 10.7. The molecule has 1 heterocycles. The van der Waals surface area contributed by atoms with E-state index in [1.807, 2.05) is 18.2 Å². The Hall–Kier alpha value is -1.39. The predicted octanol–water partition coefficient (Wildman–Crippen LogP) is 2.54. The monoisotopic (exact) mass is 313 g/mol. The summed E-state index contributed by atoms with van der Waals surface area (Å²) >= 11 is 0. The first-order chi connectivity index (χ1) is 11.2. The molecule has 124 valence electrons. The van der Waals surface area contributed by atoms with Gasteiger partial charge in [0, 0.05) is 12.1 Å². The first kappa shape index (κ1) is 15.2. The molecule has 1 aromatic rings. The molecule has 4 heteroatoms. The van der Waals surface area contributed by atoms with Gasteiger partial charge in [0.2, 0.25) is 5.91 Å². The van der Waals surface area contributed by atoms with Crippen LogP contribution in [0.15, 0.2) is 30.3 Å². The Balaban J connectivity index is 1.31. The van der Waals surface area contributed by atoms with Gasteiger partial charge in [0.25, 0.3) is 0 Å². The van der Waals surface area contributed by atoms with Crippen molar-refractivity contribution >= 4 is 5.91 Å². The van der Waals surface area contributed by atoms with Crippen molar-refractivity contribution in [3.63, 3.8) is 0 Å². The Bertz CT molecular complexity index is 561. The van der Waals surface area contributed by atoms with Gasteiger partial charge in [-0.1, -0.05) is 36.8 Å². The van der Waals surface area contributed by atoms with Crippen LogP contribution in [0.1, 0.15) is 50.6 Å². The third kappa shape index (κ3) is 3.02. The van der Waals surface area contributed by atoms with Crippen LogP contribution in [0.2, 0.25) is 0 Å². The van der Waals surface area contributed by atoms with Crippen LogP contribution in [0, 0.1) is 17.8 Å². The molecule has 3 N–H and O–H groups in total. The second-order valence-corrected chi connectivity index (χ2v) is 7.68. The summed E-state index contributed by atoms with van der Waals surface area (Å²) in [5.74, 6) is 2.61. The lowest BCUT2D eigenvalue weighted by Gasteiger charge is -2.29. The van der Waals surface area contributed by atoms with Crippen LogP contribution in [0.4, 0.5) is 0 Å².